The summed E-state index contributed by atoms with van der Waals surface area (Å²) in [4.78, 5) is 10.9. The average molecular weight is 279 g/mol. The van der Waals surface area contributed by atoms with E-state index in [1.54, 1.807) is 7.11 Å². The molecule has 0 aliphatic heterocycles. The first-order chi connectivity index (χ1) is 9.52. The van der Waals surface area contributed by atoms with Crippen LogP contribution in [0.15, 0.2) is 24.3 Å². The van der Waals surface area contributed by atoms with Gasteiger partial charge in [-0.3, -0.25) is 4.79 Å². The SMILES string of the molecule is COc1cccc(NCC2(O)CCC(C(=O)O)CC2)c1. The summed E-state index contributed by atoms with van der Waals surface area (Å²) in [7, 11) is 1.61. The average Bonchev–Trinajstić information content (AvgIpc) is 2.46. The molecule has 110 valence electrons. The second-order valence-electron chi connectivity index (χ2n) is 5.42. The van der Waals surface area contributed by atoms with Gasteiger partial charge < -0.3 is 20.3 Å². The van der Waals surface area contributed by atoms with Crippen LogP contribution in [0.3, 0.4) is 0 Å². The van der Waals surface area contributed by atoms with Crippen molar-refractivity contribution in [3.8, 4) is 5.75 Å². The van der Waals surface area contributed by atoms with Crippen LogP contribution in [-0.4, -0.2) is 35.4 Å². The van der Waals surface area contributed by atoms with Gasteiger partial charge in [-0.1, -0.05) is 6.07 Å². The van der Waals surface area contributed by atoms with E-state index in [1.807, 2.05) is 24.3 Å². The highest BCUT2D eigenvalue weighted by Crippen LogP contribution is 2.32. The summed E-state index contributed by atoms with van der Waals surface area (Å²) < 4.78 is 5.14. The molecule has 5 nitrogen and oxygen atoms in total. The Morgan fingerprint density at radius 1 is 1.45 bits per heavy atom. The van der Waals surface area contributed by atoms with Crippen LogP contribution in [0, 0.1) is 5.92 Å². The number of methoxy groups -OCH3 is 1. The predicted molar refractivity (Wildman–Crippen MR) is 76.0 cm³/mol. The Labute approximate surface area is 118 Å². The molecule has 20 heavy (non-hydrogen) atoms. The highest BCUT2D eigenvalue weighted by molar-refractivity contribution is 5.70. The number of aliphatic hydroxyl groups is 1. The van der Waals surface area contributed by atoms with Gasteiger partial charge in [0.2, 0.25) is 0 Å². The third-order valence-electron chi connectivity index (χ3n) is 3.96. The van der Waals surface area contributed by atoms with Gasteiger partial charge in [-0.05, 0) is 37.8 Å². The molecule has 5 heteroatoms. The molecule has 1 aliphatic carbocycles. The number of benzene rings is 1. The van der Waals surface area contributed by atoms with E-state index in [1.165, 1.54) is 0 Å². The highest BCUT2D eigenvalue weighted by atomic mass is 16.5. The minimum atomic E-state index is -0.824. The number of hydrogen-bond acceptors (Lipinski definition) is 4. The Kier molecular flexibility index (Phi) is 4.49. The van der Waals surface area contributed by atoms with E-state index >= 15 is 0 Å². The summed E-state index contributed by atoms with van der Waals surface area (Å²) >= 11 is 0. The largest absolute Gasteiger partial charge is 0.497 e. The maximum Gasteiger partial charge on any atom is 0.306 e. The van der Waals surface area contributed by atoms with Crippen molar-refractivity contribution in [1.29, 1.82) is 0 Å². The quantitative estimate of drug-likeness (QED) is 0.769. The van der Waals surface area contributed by atoms with E-state index in [0.717, 1.165) is 11.4 Å². The first kappa shape index (κ1) is 14.7. The summed E-state index contributed by atoms with van der Waals surface area (Å²) in [6, 6.07) is 7.52. The van der Waals surface area contributed by atoms with Gasteiger partial charge in [0.15, 0.2) is 0 Å². The second kappa shape index (κ2) is 6.13. The topological polar surface area (TPSA) is 78.8 Å². The molecule has 1 saturated carbocycles. The molecular weight excluding hydrogens is 258 g/mol. The molecule has 0 saturated heterocycles. The zero-order chi connectivity index (χ0) is 14.6. The molecule has 0 amide bonds. The van der Waals surface area contributed by atoms with E-state index < -0.39 is 11.6 Å². The zero-order valence-corrected chi connectivity index (χ0v) is 11.6. The molecule has 1 fully saturated rings. The van der Waals surface area contributed by atoms with Crippen molar-refractivity contribution in [2.24, 2.45) is 5.92 Å². The normalized spacial score (nSPS) is 26.0. The Morgan fingerprint density at radius 3 is 2.75 bits per heavy atom. The van der Waals surface area contributed by atoms with Crippen LogP contribution in [-0.2, 0) is 4.79 Å². The first-order valence-electron chi connectivity index (χ1n) is 6.85. The fourth-order valence-electron chi connectivity index (χ4n) is 2.58. The molecule has 0 spiro atoms. The lowest BCUT2D eigenvalue weighted by Crippen LogP contribution is -2.41. The maximum atomic E-state index is 10.9. The monoisotopic (exact) mass is 279 g/mol. The first-order valence-corrected chi connectivity index (χ1v) is 6.85. The lowest BCUT2D eigenvalue weighted by molar-refractivity contribution is -0.144. The van der Waals surface area contributed by atoms with Crippen LogP contribution >= 0.6 is 0 Å². The molecule has 0 aromatic heterocycles. The molecule has 0 bridgehead atoms. The Morgan fingerprint density at radius 2 is 2.15 bits per heavy atom. The third kappa shape index (κ3) is 3.63. The number of ether oxygens (including phenoxy) is 1. The fourth-order valence-corrected chi connectivity index (χ4v) is 2.58. The minimum Gasteiger partial charge on any atom is -0.497 e. The minimum absolute atomic E-state index is 0.313. The van der Waals surface area contributed by atoms with Crippen LogP contribution in [0.5, 0.6) is 5.75 Å². The number of rotatable bonds is 5. The molecule has 0 heterocycles. The lowest BCUT2D eigenvalue weighted by atomic mass is 9.79. The molecule has 1 aromatic carbocycles. The molecule has 2 rings (SSSR count). The van der Waals surface area contributed by atoms with E-state index in [9.17, 15) is 9.90 Å². The van der Waals surface area contributed by atoms with Gasteiger partial charge in [0.1, 0.15) is 5.75 Å². The molecular formula is C15H21NO4. The smallest absolute Gasteiger partial charge is 0.306 e. The number of nitrogens with one attached hydrogen (secondary N) is 1. The summed E-state index contributed by atoms with van der Waals surface area (Å²) in [5.74, 6) is -0.309. The Bertz CT molecular complexity index is 467. The fraction of sp³-hybridized carbons (Fsp3) is 0.533. The van der Waals surface area contributed by atoms with Gasteiger partial charge in [-0.25, -0.2) is 0 Å². The van der Waals surface area contributed by atoms with E-state index in [0.29, 0.717) is 32.2 Å². The Hall–Kier alpha value is -1.75. The van der Waals surface area contributed by atoms with Crippen molar-refractivity contribution in [1.82, 2.24) is 0 Å². The van der Waals surface area contributed by atoms with Crippen LogP contribution in [0.2, 0.25) is 0 Å². The van der Waals surface area contributed by atoms with Crippen LogP contribution < -0.4 is 10.1 Å². The van der Waals surface area contributed by atoms with Gasteiger partial charge in [0.05, 0.1) is 18.6 Å². The molecule has 0 atom stereocenters. The number of carboxylic acid groups (broad SMARTS) is 1. The van der Waals surface area contributed by atoms with Gasteiger partial charge in [-0.2, -0.15) is 0 Å². The van der Waals surface area contributed by atoms with Crippen molar-refractivity contribution in [3.05, 3.63) is 24.3 Å². The second-order valence-corrected chi connectivity index (χ2v) is 5.42. The molecule has 3 N–H and O–H groups in total. The van der Waals surface area contributed by atoms with Crippen molar-refractivity contribution < 1.29 is 19.7 Å². The summed E-state index contributed by atoms with van der Waals surface area (Å²) in [5.41, 5.74) is 0.0628. The zero-order valence-electron chi connectivity index (χ0n) is 11.6. The third-order valence-corrected chi connectivity index (χ3v) is 3.96. The van der Waals surface area contributed by atoms with Crippen LogP contribution in [0.25, 0.3) is 0 Å². The number of carboxylic acids is 1. The standard InChI is InChI=1S/C15H21NO4/c1-20-13-4-2-3-12(9-13)16-10-15(19)7-5-11(6-8-15)14(17)18/h2-4,9,11,16,19H,5-8,10H2,1H3,(H,17,18). The molecule has 1 aliphatic rings. The van der Waals surface area contributed by atoms with Gasteiger partial charge >= 0.3 is 5.97 Å². The van der Waals surface area contributed by atoms with Gasteiger partial charge in [0, 0.05) is 18.3 Å². The van der Waals surface area contributed by atoms with Crippen LogP contribution in [0.1, 0.15) is 25.7 Å². The number of hydrogen-bond donors (Lipinski definition) is 3. The summed E-state index contributed by atoms with van der Waals surface area (Å²) in [5, 5.41) is 22.6. The van der Waals surface area contributed by atoms with Gasteiger partial charge in [-0.15, -0.1) is 0 Å². The number of carbonyl (C=O) groups is 1. The van der Waals surface area contributed by atoms with E-state index in [4.69, 9.17) is 9.84 Å². The van der Waals surface area contributed by atoms with Crippen LogP contribution in [0.4, 0.5) is 5.69 Å². The highest BCUT2D eigenvalue weighted by Gasteiger charge is 2.35. The van der Waals surface area contributed by atoms with Crippen molar-refractivity contribution >= 4 is 11.7 Å². The van der Waals surface area contributed by atoms with Crippen molar-refractivity contribution in [2.45, 2.75) is 31.3 Å². The number of aliphatic carboxylic acids is 1. The molecule has 0 unspecified atom stereocenters. The van der Waals surface area contributed by atoms with Crippen molar-refractivity contribution in [3.63, 3.8) is 0 Å². The van der Waals surface area contributed by atoms with E-state index in [2.05, 4.69) is 5.32 Å². The summed E-state index contributed by atoms with van der Waals surface area (Å²) in [6.07, 6.45) is 2.10. The predicted octanol–water partition coefficient (Wildman–Crippen LogP) is 2.11. The molecule has 0 radical (unpaired) electrons. The maximum absolute atomic E-state index is 10.9. The Balaban J connectivity index is 1.88. The molecule has 1 aromatic rings. The van der Waals surface area contributed by atoms with E-state index in [-0.39, 0.29) is 5.92 Å². The summed E-state index contributed by atoms with van der Waals surface area (Å²) in [6.45, 7) is 0.423. The lowest BCUT2D eigenvalue weighted by Gasteiger charge is -2.35. The van der Waals surface area contributed by atoms with Gasteiger partial charge in [0.25, 0.3) is 0 Å². The van der Waals surface area contributed by atoms with Crippen molar-refractivity contribution in [2.75, 3.05) is 19.0 Å². The number of anilines is 1.